The summed E-state index contributed by atoms with van der Waals surface area (Å²) in [7, 11) is 7.59. The van der Waals surface area contributed by atoms with Gasteiger partial charge in [-0.25, -0.2) is 0 Å². The van der Waals surface area contributed by atoms with Gasteiger partial charge in [0.2, 0.25) is 11.8 Å². The Balaban J connectivity index is 1.66. The van der Waals surface area contributed by atoms with Crippen LogP contribution in [-0.2, 0) is 36.8 Å². The summed E-state index contributed by atoms with van der Waals surface area (Å²) in [6.07, 6.45) is 1.36. The highest BCUT2D eigenvalue weighted by molar-refractivity contribution is 5.92. The monoisotopic (exact) mass is 652 g/mol. The molecule has 4 rings (SSSR count). The highest BCUT2D eigenvalue weighted by Gasteiger charge is 2.60. The predicted molar refractivity (Wildman–Crippen MR) is 175 cm³/mol. The Bertz CT molecular complexity index is 1500. The number of likely N-dealkylation sites (tertiary alicyclic amines) is 1. The van der Waals surface area contributed by atoms with Gasteiger partial charge in [0.05, 0.1) is 47.8 Å². The predicted octanol–water partition coefficient (Wildman–Crippen LogP) is 4.70. The number of carbonyl (C=O) groups excluding carboxylic acids is 3. The van der Waals surface area contributed by atoms with E-state index in [0.29, 0.717) is 35.1 Å². The lowest BCUT2D eigenvalue weighted by atomic mass is 9.65. The maximum Gasteiger partial charge on any atom is 0.320 e. The van der Waals surface area contributed by atoms with E-state index in [1.54, 1.807) is 45.5 Å². The maximum atomic E-state index is 14.3. The lowest BCUT2D eigenvalue weighted by Crippen LogP contribution is -2.61. The molecule has 256 valence electrons. The molecule has 0 saturated carbocycles. The summed E-state index contributed by atoms with van der Waals surface area (Å²) in [5.74, 6) is 0.478. The van der Waals surface area contributed by atoms with E-state index in [-0.39, 0.29) is 49.3 Å². The summed E-state index contributed by atoms with van der Waals surface area (Å²) in [6.45, 7) is 8.50. The van der Waals surface area contributed by atoms with E-state index in [2.05, 4.69) is 26.1 Å². The SMILES string of the molecule is COC(=O)[C@]12C[C@H](CC(=O)NCc3ccc(OC)c(OC)c3)C(=O)N(CCc3ccc(OC)c(OC)c3)C1=C[C@H](C(C)(C)C)O[C@@H]2C. The Morgan fingerprint density at radius 3 is 2.04 bits per heavy atom. The minimum absolute atomic E-state index is 0.0823. The Hall–Kier alpha value is -4.25. The quantitative estimate of drug-likeness (QED) is 0.326. The normalized spacial score (nSPS) is 22.5. The number of carbonyl (C=O) groups is 3. The number of nitrogens with one attached hydrogen (secondary N) is 1. The van der Waals surface area contributed by atoms with Gasteiger partial charge in [0.25, 0.3) is 0 Å². The Morgan fingerprint density at radius 1 is 0.915 bits per heavy atom. The van der Waals surface area contributed by atoms with Gasteiger partial charge in [-0.15, -0.1) is 0 Å². The topological polar surface area (TPSA) is 122 Å². The van der Waals surface area contributed by atoms with Gasteiger partial charge in [0.1, 0.15) is 5.41 Å². The summed E-state index contributed by atoms with van der Waals surface area (Å²) in [5, 5.41) is 2.92. The van der Waals surface area contributed by atoms with Gasteiger partial charge >= 0.3 is 5.97 Å². The molecule has 1 fully saturated rings. The molecule has 0 aliphatic carbocycles. The van der Waals surface area contributed by atoms with E-state index < -0.39 is 23.4 Å². The zero-order valence-electron chi connectivity index (χ0n) is 28.9. The number of methoxy groups -OCH3 is 5. The highest BCUT2D eigenvalue weighted by Crippen LogP contribution is 2.52. The van der Waals surface area contributed by atoms with E-state index in [1.165, 1.54) is 7.11 Å². The Kier molecular flexibility index (Phi) is 11.1. The van der Waals surface area contributed by atoms with Crippen LogP contribution in [0.1, 0.15) is 51.7 Å². The molecule has 4 atom stereocenters. The number of esters is 1. The van der Waals surface area contributed by atoms with Gasteiger partial charge in [-0.05, 0) is 66.6 Å². The molecule has 0 radical (unpaired) electrons. The summed E-state index contributed by atoms with van der Waals surface area (Å²) in [6, 6.07) is 11.0. The summed E-state index contributed by atoms with van der Waals surface area (Å²) < 4.78 is 33.4. The number of nitrogens with zero attached hydrogens (tertiary/aromatic N) is 1. The third-order valence-electron chi connectivity index (χ3n) is 9.13. The highest BCUT2D eigenvalue weighted by atomic mass is 16.5. The van der Waals surface area contributed by atoms with Crippen molar-refractivity contribution in [2.24, 2.45) is 16.7 Å². The Morgan fingerprint density at radius 2 is 1.49 bits per heavy atom. The lowest BCUT2D eigenvalue weighted by molar-refractivity contribution is -0.180. The second-order valence-corrected chi connectivity index (χ2v) is 13.1. The maximum absolute atomic E-state index is 14.3. The minimum atomic E-state index is -1.28. The molecule has 0 aromatic heterocycles. The van der Waals surface area contributed by atoms with Crippen LogP contribution in [0.3, 0.4) is 0 Å². The Labute approximate surface area is 277 Å². The zero-order chi connectivity index (χ0) is 34.5. The molecular formula is C36H48N2O9. The van der Waals surface area contributed by atoms with Crippen LogP contribution in [0.2, 0.25) is 0 Å². The number of rotatable bonds is 12. The van der Waals surface area contributed by atoms with Crippen LogP contribution < -0.4 is 24.3 Å². The van der Waals surface area contributed by atoms with Gasteiger partial charge in [0.15, 0.2) is 23.0 Å². The van der Waals surface area contributed by atoms with Crippen molar-refractivity contribution in [2.75, 3.05) is 42.1 Å². The van der Waals surface area contributed by atoms with Crippen molar-refractivity contribution >= 4 is 17.8 Å². The summed E-state index contributed by atoms with van der Waals surface area (Å²) in [5.41, 5.74) is 0.706. The molecule has 2 aliphatic rings. The van der Waals surface area contributed by atoms with Crippen molar-refractivity contribution in [3.05, 3.63) is 59.3 Å². The number of amides is 2. The third kappa shape index (κ3) is 7.35. The van der Waals surface area contributed by atoms with Gasteiger partial charge in [-0.2, -0.15) is 0 Å². The molecule has 2 aliphatic heterocycles. The van der Waals surface area contributed by atoms with Crippen LogP contribution in [0.5, 0.6) is 23.0 Å². The molecular weight excluding hydrogens is 604 g/mol. The molecule has 11 heteroatoms. The van der Waals surface area contributed by atoms with Crippen LogP contribution in [0.15, 0.2) is 48.2 Å². The van der Waals surface area contributed by atoms with Crippen molar-refractivity contribution in [1.29, 1.82) is 0 Å². The third-order valence-corrected chi connectivity index (χ3v) is 9.13. The lowest BCUT2D eigenvalue weighted by Gasteiger charge is -2.53. The summed E-state index contributed by atoms with van der Waals surface area (Å²) >= 11 is 0. The first-order valence-corrected chi connectivity index (χ1v) is 15.8. The summed E-state index contributed by atoms with van der Waals surface area (Å²) in [4.78, 5) is 43.2. The fraction of sp³-hybridized carbons (Fsp3) is 0.528. The van der Waals surface area contributed by atoms with Crippen LogP contribution in [0.25, 0.3) is 0 Å². The average Bonchev–Trinajstić information content (AvgIpc) is 3.06. The van der Waals surface area contributed by atoms with Gasteiger partial charge in [-0.1, -0.05) is 32.9 Å². The van der Waals surface area contributed by atoms with Gasteiger partial charge < -0.3 is 38.6 Å². The van der Waals surface area contributed by atoms with Crippen molar-refractivity contribution in [3.8, 4) is 23.0 Å². The molecule has 2 aromatic rings. The molecule has 2 aromatic carbocycles. The smallest absolute Gasteiger partial charge is 0.320 e. The first-order chi connectivity index (χ1) is 22.3. The van der Waals surface area contributed by atoms with E-state index in [4.69, 9.17) is 28.4 Å². The van der Waals surface area contributed by atoms with E-state index in [9.17, 15) is 14.4 Å². The number of piperidine rings is 1. The van der Waals surface area contributed by atoms with Crippen LogP contribution in [0, 0.1) is 16.7 Å². The molecule has 1 N–H and O–H groups in total. The van der Waals surface area contributed by atoms with Crippen LogP contribution >= 0.6 is 0 Å². The van der Waals surface area contributed by atoms with Crippen LogP contribution in [0.4, 0.5) is 0 Å². The molecule has 0 unspecified atom stereocenters. The average molecular weight is 653 g/mol. The van der Waals surface area contributed by atoms with Crippen molar-refractivity contribution in [2.45, 2.75) is 65.7 Å². The number of ether oxygens (including phenoxy) is 6. The van der Waals surface area contributed by atoms with Crippen molar-refractivity contribution < 1.29 is 42.8 Å². The number of fused-ring (bicyclic) bond motifs is 1. The first kappa shape index (κ1) is 35.6. The number of benzene rings is 2. The van der Waals surface area contributed by atoms with E-state index >= 15 is 0 Å². The molecule has 47 heavy (non-hydrogen) atoms. The fourth-order valence-corrected chi connectivity index (χ4v) is 6.44. The number of hydrogen-bond donors (Lipinski definition) is 1. The minimum Gasteiger partial charge on any atom is -0.493 e. The molecule has 11 nitrogen and oxygen atoms in total. The molecule has 2 amide bonds. The molecule has 1 saturated heterocycles. The molecule has 0 spiro atoms. The molecule has 2 heterocycles. The van der Waals surface area contributed by atoms with E-state index in [1.807, 2.05) is 37.3 Å². The second-order valence-electron chi connectivity index (χ2n) is 13.1. The van der Waals surface area contributed by atoms with Crippen molar-refractivity contribution in [1.82, 2.24) is 10.2 Å². The molecule has 0 bridgehead atoms. The first-order valence-electron chi connectivity index (χ1n) is 15.8. The zero-order valence-corrected chi connectivity index (χ0v) is 28.9. The van der Waals surface area contributed by atoms with Crippen LogP contribution in [-0.4, -0.2) is 77.0 Å². The van der Waals surface area contributed by atoms with E-state index in [0.717, 1.165) is 11.1 Å². The van der Waals surface area contributed by atoms with Crippen molar-refractivity contribution in [3.63, 3.8) is 0 Å². The largest absolute Gasteiger partial charge is 0.493 e. The van der Waals surface area contributed by atoms with Gasteiger partial charge in [0, 0.05) is 31.1 Å². The van der Waals surface area contributed by atoms with Gasteiger partial charge in [-0.3, -0.25) is 14.4 Å². The second kappa shape index (κ2) is 14.7. The standard InChI is InChI=1S/C36H48N2O9/c1-22-36(34(41)46-9)20-25(18-32(39)37-21-24-11-13-27(43-6)29(17-24)45-8)33(40)38(30(36)19-31(47-22)35(2,3)4)15-14-23-10-12-26(42-5)28(16-23)44-7/h10-13,16-17,19,22,25,31H,14-15,18,20-21H2,1-9H3,(H,37,39)/t22-,25+,31-,36+/m1/s1. The fourth-order valence-electron chi connectivity index (χ4n) is 6.44. The number of hydrogen-bond acceptors (Lipinski definition) is 9.